The second-order valence-electron chi connectivity index (χ2n) is 14.0. The molecule has 3 nitrogen and oxygen atoms in total. The summed E-state index contributed by atoms with van der Waals surface area (Å²) in [7, 11) is 0. The van der Waals surface area contributed by atoms with Gasteiger partial charge in [-0.1, -0.05) is 194 Å². The highest BCUT2D eigenvalue weighted by atomic mass is 15.0. The Labute approximate surface area is 326 Å². The van der Waals surface area contributed by atoms with Gasteiger partial charge in [0.25, 0.3) is 0 Å². The highest BCUT2D eigenvalue weighted by molar-refractivity contribution is 6.05. The van der Waals surface area contributed by atoms with Crippen LogP contribution >= 0.6 is 0 Å². The smallest absolute Gasteiger partial charge is 0.164 e. The summed E-state index contributed by atoms with van der Waals surface area (Å²) in [4.78, 5) is 15.4. The molecule has 262 valence electrons. The van der Waals surface area contributed by atoms with E-state index in [1.807, 2.05) is 12.1 Å². The Morgan fingerprint density at radius 3 is 1.07 bits per heavy atom. The largest absolute Gasteiger partial charge is 0.208 e. The van der Waals surface area contributed by atoms with E-state index in [-0.39, 0.29) is 0 Å². The van der Waals surface area contributed by atoms with Crippen LogP contribution in [0.1, 0.15) is 0 Å². The Kier molecular flexibility index (Phi) is 8.51. The van der Waals surface area contributed by atoms with Gasteiger partial charge in [-0.3, -0.25) is 0 Å². The Bertz CT molecular complexity index is 2870. The van der Waals surface area contributed by atoms with Crippen LogP contribution in [0.4, 0.5) is 0 Å². The van der Waals surface area contributed by atoms with E-state index in [2.05, 4.69) is 200 Å². The van der Waals surface area contributed by atoms with Gasteiger partial charge in [0.15, 0.2) is 17.5 Å². The number of hydrogen-bond acceptors (Lipinski definition) is 3. The molecule has 0 N–H and O–H groups in total. The summed E-state index contributed by atoms with van der Waals surface area (Å²) in [5.41, 5.74) is 12.2. The van der Waals surface area contributed by atoms with Crippen LogP contribution in [0.25, 0.3) is 100 Å². The van der Waals surface area contributed by atoms with E-state index in [0.717, 1.165) is 38.6 Å². The molecule has 56 heavy (non-hydrogen) atoms. The molecule has 0 aliphatic heterocycles. The maximum absolute atomic E-state index is 5.17. The van der Waals surface area contributed by atoms with Crippen LogP contribution < -0.4 is 0 Å². The first-order chi connectivity index (χ1) is 27.7. The van der Waals surface area contributed by atoms with E-state index in [4.69, 9.17) is 15.0 Å². The van der Waals surface area contributed by atoms with Crippen molar-refractivity contribution in [1.82, 2.24) is 15.0 Å². The lowest BCUT2D eigenvalue weighted by Gasteiger charge is -2.14. The molecule has 0 aliphatic carbocycles. The van der Waals surface area contributed by atoms with E-state index in [0.29, 0.717) is 17.5 Å². The van der Waals surface area contributed by atoms with E-state index in [9.17, 15) is 0 Å². The van der Waals surface area contributed by atoms with Crippen molar-refractivity contribution in [3.05, 3.63) is 212 Å². The average Bonchev–Trinajstić information content (AvgIpc) is 3.29. The molecule has 0 saturated carbocycles. The first-order valence-corrected chi connectivity index (χ1v) is 18.9. The van der Waals surface area contributed by atoms with Gasteiger partial charge >= 0.3 is 0 Å². The molecule has 10 aromatic rings. The molecule has 0 saturated heterocycles. The predicted molar refractivity (Wildman–Crippen MR) is 233 cm³/mol. The minimum atomic E-state index is 0.634. The number of aromatic nitrogens is 3. The molecular weight excluding hydrogens is 679 g/mol. The molecule has 0 bridgehead atoms. The zero-order chi connectivity index (χ0) is 37.3. The maximum atomic E-state index is 5.17. The van der Waals surface area contributed by atoms with Crippen molar-refractivity contribution in [2.75, 3.05) is 0 Å². The molecule has 0 unspecified atom stereocenters. The van der Waals surface area contributed by atoms with Gasteiger partial charge in [-0.25, -0.2) is 15.0 Å². The summed E-state index contributed by atoms with van der Waals surface area (Å²) in [5, 5.41) is 4.66. The van der Waals surface area contributed by atoms with Crippen LogP contribution in [0.15, 0.2) is 212 Å². The van der Waals surface area contributed by atoms with E-state index in [1.54, 1.807) is 0 Å². The van der Waals surface area contributed by atoms with Crippen LogP contribution in [-0.4, -0.2) is 15.0 Å². The van der Waals surface area contributed by atoms with E-state index in [1.165, 1.54) is 44.2 Å². The van der Waals surface area contributed by atoms with E-state index >= 15 is 0 Å². The molecule has 1 heterocycles. The fraction of sp³-hybridized carbons (Fsp3) is 0. The summed E-state index contributed by atoms with van der Waals surface area (Å²) in [5.74, 6) is 1.91. The van der Waals surface area contributed by atoms with Crippen molar-refractivity contribution < 1.29 is 0 Å². The number of fused-ring (bicyclic) bond motifs is 2. The van der Waals surface area contributed by atoms with Gasteiger partial charge in [0.1, 0.15) is 0 Å². The second-order valence-corrected chi connectivity index (χ2v) is 14.0. The highest BCUT2D eigenvalue weighted by Crippen LogP contribution is 2.37. The van der Waals surface area contributed by atoms with Crippen LogP contribution in [0.5, 0.6) is 0 Å². The molecule has 3 heteroatoms. The lowest BCUT2D eigenvalue weighted by atomic mass is 9.93. The summed E-state index contributed by atoms with van der Waals surface area (Å²) in [6.45, 7) is 0. The molecule has 0 fully saturated rings. The van der Waals surface area contributed by atoms with Crippen molar-refractivity contribution in [3.8, 4) is 78.7 Å². The third kappa shape index (κ3) is 6.42. The lowest BCUT2D eigenvalue weighted by molar-refractivity contribution is 1.08. The summed E-state index contributed by atoms with van der Waals surface area (Å²) >= 11 is 0. The van der Waals surface area contributed by atoms with Crippen molar-refractivity contribution >= 4 is 21.5 Å². The van der Waals surface area contributed by atoms with Crippen molar-refractivity contribution in [1.29, 1.82) is 0 Å². The van der Waals surface area contributed by atoms with Crippen molar-refractivity contribution in [2.45, 2.75) is 0 Å². The Morgan fingerprint density at radius 1 is 0.214 bits per heavy atom. The van der Waals surface area contributed by atoms with Crippen LogP contribution in [-0.2, 0) is 0 Å². The highest BCUT2D eigenvalue weighted by Gasteiger charge is 2.17. The maximum Gasteiger partial charge on any atom is 0.164 e. The number of benzene rings is 9. The molecular formula is C53H35N3. The Morgan fingerprint density at radius 2 is 0.554 bits per heavy atom. The van der Waals surface area contributed by atoms with Gasteiger partial charge in [0, 0.05) is 16.7 Å². The molecule has 0 atom stereocenters. The Balaban J connectivity index is 1.08. The predicted octanol–water partition coefficient (Wildman–Crippen LogP) is 13.8. The van der Waals surface area contributed by atoms with Crippen LogP contribution in [0, 0.1) is 0 Å². The lowest BCUT2D eigenvalue weighted by Crippen LogP contribution is -2.01. The summed E-state index contributed by atoms with van der Waals surface area (Å²) < 4.78 is 0. The van der Waals surface area contributed by atoms with Gasteiger partial charge in [-0.05, 0) is 84.3 Å². The summed E-state index contributed by atoms with van der Waals surface area (Å²) in [6, 6.07) is 74.8. The second kappa shape index (κ2) is 14.4. The minimum absolute atomic E-state index is 0.634. The average molecular weight is 714 g/mol. The third-order valence-corrected chi connectivity index (χ3v) is 10.6. The molecule has 0 aliphatic rings. The van der Waals surface area contributed by atoms with Gasteiger partial charge in [0.05, 0.1) is 0 Å². The van der Waals surface area contributed by atoms with Crippen molar-refractivity contribution in [3.63, 3.8) is 0 Å². The fourth-order valence-electron chi connectivity index (χ4n) is 7.61. The Hall–Kier alpha value is -7.49. The zero-order valence-electron chi connectivity index (χ0n) is 30.5. The van der Waals surface area contributed by atoms with Crippen LogP contribution in [0.2, 0.25) is 0 Å². The van der Waals surface area contributed by atoms with Crippen LogP contribution in [0.3, 0.4) is 0 Å². The molecule has 9 aromatic carbocycles. The molecule has 1 aromatic heterocycles. The number of nitrogens with zero attached hydrogens (tertiary/aromatic N) is 3. The quantitative estimate of drug-likeness (QED) is 0.165. The third-order valence-electron chi connectivity index (χ3n) is 10.6. The zero-order valence-corrected chi connectivity index (χ0v) is 30.5. The fourth-order valence-corrected chi connectivity index (χ4v) is 7.61. The molecule has 0 amide bonds. The molecule has 0 spiro atoms. The monoisotopic (exact) mass is 713 g/mol. The minimum Gasteiger partial charge on any atom is -0.208 e. The van der Waals surface area contributed by atoms with Gasteiger partial charge in [-0.2, -0.15) is 0 Å². The normalized spacial score (nSPS) is 11.2. The number of rotatable bonds is 7. The molecule has 10 rings (SSSR count). The first kappa shape index (κ1) is 33.1. The van der Waals surface area contributed by atoms with E-state index < -0.39 is 0 Å². The number of hydrogen-bond donors (Lipinski definition) is 0. The van der Waals surface area contributed by atoms with Gasteiger partial charge in [-0.15, -0.1) is 0 Å². The standard InChI is InChI=1S/C53H35N3/c1-4-12-36(13-5-1)39-20-24-41(25-21-39)51-54-52(42-26-22-40(23-27-42)37-14-6-2-7-15-37)56-53(55-51)50-33-32-47(48-18-10-11-19-49(48)50)46-31-30-44-34-43(28-29-45(44)35-46)38-16-8-3-9-17-38/h1-35H. The van der Waals surface area contributed by atoms with Gasteiger partial charge in [0.2, 0.25) is 0 Å². The van der Waals surface area contributed by atoms with Gasteiger partial charge < -0.3 is 0 Å². The topological polar surface area (TPSA) is 38.7 Å². The summed E-state index contributed by atoms with van der Waals surface area (Å²) in [6.07, 6.45) is 0. The SMILES string of the molecule is c1ccc(-c2ccc(-c3nc(-c4ccc(-c5ccccc5)cc4)nc(-c4ccc(-c5ccc6cc(-c7ccccc7)ccc6c5)c5ccccc45)n3)cc2)cc1. The van der Waals surface area contributed by atoms with Crippen molar-refractivity contribution in [2.24, 2.45) is 0 Å². The molecule has 0 radical (unpaired) electrons. The first-order valence-electron chi connectivity index (χ1n) is 18.9.